The third kappa shape index (κ3) is 2.70. The lowest BCUT2D eigenvalue weighted by atomic mass is 10.3. The van der Waals surface area contributed by atoms with Crippen LogP contribution in [0.2, 0.25) is 0 Å². The molecule has 0 unspecified atom stereocenters. The van der Waals surface area contributed by atoms with Crippen molar-refractivity contribution in [3.05, 3.63) is 55.0 Å². The molecule has 3 heterocycles. The average Bonchev–Trinajstić information content (AvgIpc) is 3.25. The largest absolute Gasteiger partial charge is 0.383 e. The minimum atomic E-state index is 0.640. The first-order chi connectivity index (χ1) is 11.9. The van der Waals surface area contributed by atoms with Crippen LogP contribution in [0.1, 0.15) is 0 Å². The Labute approximate surface area is 143 Å². The molecular formula is C18H16N4OS. The van der Waals surface area contributed by atoms with Gasteiger partial charge in [0.1, 0.15) is 5.01 Å². The molecule has 0 aliphatic heterocycles. The number of rotatable bonds is 5. The zero-order valence-corrected chi connectivity index (χ0v) is 14.0. The summed E-state index contributed by atoms with van der Waals surface area (Å²) in [5.74, 6) is 0.931. The summed E-state index contributed by atoms with van der Waals surface area (Å²) in [6.07, 6.45) is 5.48. The van der Waals surface area contributed by atoms with Gasteiger partial charge in [0.15, 0.2) is 5.82 Å². The second-order valence-electron chi connectivity index (χ2n) is 5.34. The van der Waals surface area contributed by atoms with Crippen LogP contribution in [0.15, 0.2) is 55.0 Å². The number of ether oxygens (including phenoxy) is 1. The van der Waals surface area contributed by atoms with Crippen LogP contribution in [0, 0.1) is 0 Å². The molecule has 6 heteroatoms. The number of thiazole rings is 1. The maximum absolute atomic E-state index is 5.26. The molecule has 0 atom stereocenters. The van der Waals surface area contributed by atoms with E-state index in [0.29, 0.717) is 6.61 Å². The van der Waals surface area contributed by atoms with Crippen molar-refractivity contribution in [2.45, 2.75) is 6.54 Å². The Morgan fingerprint density at radius 3 is 2.88 bits per heavy atom. The number of fused-ring (bicyclic) bond motifs is 1. The number of hydrogen-bond acceptors (Lipinski definition) is 5. The van der Waals surface area contributed by atoms with Crippen molar-refractivity contribution >= 4 is 22.4 Å². The average molecular weight is 336 g/mol. The molecule has 1 aromatic carbocycles. The van der Waals surface area contributed by atoms with Crippen LogP contribution < -0.4 is 0 Å². The Hall–Kier alpha value is -2.57. The van der Waals surface area contributed by atoms with Gasteiger partial charge in [-0.3, -0.25) is 4.98 Å². The van der Waals surface area contributed by atoms with Crippen molar-refractivity contribution in [3.63, 3.8) is 0 Å². The predicted molar refractivity (Wildman–Crippen MR) is 95.9 cm³/mol. The second-order valence-corrected chi connectivity index (χ2v) is 6.37. The first-order valence-electron chi connectivity index (χ1n) is 7.67. The second kappa shape index (κ2) is 6.51. The monoisotopic (exact) mass is 336 g/mol. The molecule has 0 fully saturated rings. The van der Waals surface area contributed by atoms with E-state index in [-0.39, 0.29) is 0 Å². The van der Waals surface area contributed by atoms with Gasteiger partial charge in [0.2, 0.25) is 0 Å². The van der Waals surface area contributed by atoms with E-state index < -0.39 is 0 Å². The smallest absolute Gasteiger partial charge is 0.152 e. The van der Waals surface area contributed by atoms with Crippen LogP contribution in [-0.2, 0) is 11.3 Å². The van der Waals surface area contributed by atoms with Gasteiger partial charge in [0.25, 0.3) is 0 Å². The molecule has 0 bridgehead atoms. The normalized spacial score (nSPS) is 11.2. The minimum absolute atomic E-state index is 0.640. The number of para-hydroxylation sites is 2. The highest BCUT2D eigenvalue weighted by Crippen LogP contribution is 2.33. The molecule has 0 amide bonds. The first-order valence-corrected chi connectivity index (χ1v) is 8.49. The Balaban J connectivity index is 1.80. The highest BCUT2D eigenvalue weighted by molar-refractivity contribution is 7.18. The van der Waals surface area contributed by atoms with Crippen LogP contribution >= 0.6 is 11.3 Å². The molecule has 0 spiro atoms. The summed E-state index contributed by atoms with van der Waals surface area (Å²) in [5, 5.41) is 0.948. The number of hydrogen-bond donors (Lipinski definition) is 0. The zero-order chi connectivity index (χ0) is 16.4. The van der Waals surface area contributed by atoms with E-state index in [2.05, 4.69) is 20.6 Å². The molecule has 0 N–H and O–H groups in total. The topological polar surface area (TPSA) is 52.8 Å². The van der Waals surface area contributed by atoms with Gasteiger partial charge in [0.05, 0.1) is 22.5 Å². The van der Waals surface area contributed by atoms with Crippen molar-refractivity contribution in [2.75, 3.05) is 13.7 Å². The Kier molecular flexibility index (Phi) is 4.06. The van der Waals surface area contributed by atoms with Crippen LogP contribution in [0.5, 0.6) is 0 Å². The Morgan fingerprint density at radius 2 is 2.04 bits per heavy atom. The number of pyridine rings is 1. The zero-order valence-electron chi connectivity index (χ0n) is 13.2. The fourth-order valence-electron chi connectivity index (χ4n) is 2.67. The van der Waals surface area contributed by atoms with Crippen LogP contribution in [-0.4, -0.2) is 33.2 Å². The van der Waals surface area contributed by atoms with Gasteiger partial charge in [-0.2, -0.15) is 0 Å². The summed E-state index contributed by atoms with van der Waals surface area (Å²) in [6, 6.07) is 12.1. The summed E-state index contributed by atoms with van der Waals surface area (Å²) in [7, 11) is 1.71. The van der Waals surface area contributed by atoms with Crippen molar-refractivity contribution in [3.8, 4) is 21.3 Å². The molecule has 4 rings (SSSR count). The molecular weight excluding hydrogens is 320 g/mol. The predicted octanol–water partition coefficient (Wildman–Crippen LogP) is 3.87. The maximum atomic E-state index is 5.26. The molecule has 4 aromatic rings. The highest BCUT2D eigenvalue weighted by atomic mass is 32.1. The van der Waals surface area contributed by atoms with Gasteiger partial charge in [0, 0.05) is 37.8 Å². The molecule has 0 radical (unpaired) electrons. The molecule has 0 saturated carbocycles. The van der Waals surface area contributed by atoms with Gasteiger partial charge in [-0.1, -0.05) is 12.1 Å². The first kappa shape index (κ1) is 15.0. The number of imidazole rings is 1. The summed E-state index contributed by atoms with van der Waals surface area (Å²) in [6.45, 7) is 1.40. The lowest BCUT2D eigenvalue weighted by Crippen LogP contribution is -2.05. The van der Waals surface area contributed by atoms with Crippen molar-refractivity contribution in [1.29, 1.82) is 0 Å². The van der Waals surface area contributed by atoms with Crippen LogP contribution in [0.4, 0.5) is 0 Å². The molecule has 0 aliphatic carbocycles. The van der Waals surface area contributed by atoms with E-state index >= 15 is 0 Å². The Morgan fingerprint density at radius 1 is 1.12 bits per heavy atom. The highest BCUT2D eigenvalue weighted by Gasteiger charge is 2.15. The van der Waals surface area contributed by atoms with Gasteiger partial charge in [-0.25, -0.2) is 9.97 Å². The van der Waals surface area contributed by atoms with Gasteiger partial charge >= 0.3 is 0 Å². The fourth-order valence-corrected chi connectivity index (χ4v) is 3.58. The van der Waals surface area contributed by atoms with E-state index in [4.69, 9.17) is 9.72 Å². The summed E-state index contributed by atoms with van der Waals surface area (Å²) < 4.78 is 7.45. The molecule has 0 saturated heterocycles. The number of methoxy groups -OCH3 is 1. The van der Waals surface area contributed by atoms with E-state index in [9.17, 15) is 0 Å². The van der Waals surface area contributed by atoms with E-state index in [1.807, 2.05) is 42.7 Å². The van der Waals surface area contributed by atoms with Crippen molar-refractivity contribution in [2.24, 2.45) is 0 Å². The molecule has 0 aliphatic rings. The summed E-state index contributed by atoms with van der Waals surface area (Å²) in [5.41, 5.74) is 3.12. The van der Waals surface area contributed by atoms with Crippen molar-refractivity contribution < 1.29 is 4.74 Å². The van der Waals surface area contributed by atoms with E-state index in [1.54, 1.807) is 24.6 Å². The molecule has 120 valence electrons. The standard InChI is InChI=1S/C18H16N4OS/c1-23-10-9-22-15-7-3-2-6-14(15)21-17(22)16-12-20-18(24-16)13-5-4-8-19-11-13/h2-8,11-12H,9-10H2,1H3. The summed E-state index contributed by atoms with van der Waals surface area (Å²) in [4.78, 5) is 14.6. The summed E-state index contributed by atoms with van der Waals surface area (Å²) >= 11 is 1.63. The van der Waals surface area contributed by atoms with Crippen molar-refractivity contribution in [1.82, 2.24) is 19.5 Å². The maximum Gasteiger partial charge on any atom is 0.152 e. The minimum Gasteiger partial charge on any atom is -0.383 e. The van der Waals surface area contributed by atoms with Gasteiger partial charge in [-0.15, -0.1) is 11.3 Å². The quantitative estimate of drug-likeness (QED) is 0.555. The third-order valence-corrected chi connectivity index (χ3v) is 4.85. The molecule has 5 nitrogen and oxygen atoms in total. The van der Waals surface area contributed by atoms with Crippen LogP contribution in [0.25, 0.3) is 32.3 Å². The van der Waals surface area contributed by atoms with Gasteiger partial charge in [-0.05, 0) is 24.3 Å². The van der Waals surface area contributed by atoms with E-state index in [1.165, 1.54) is 0 Å². The number of nitrogens with zero attached hydrogens (tertiary/aromatic N) is 4. The lowest BCUT2D eigenvalue weighted by Gasteiger charge is -2.06. The van der Waals surface area contributed by atoms with Gasteiger partial charge < -0.3 is 9.30 Å². The SMILES string of the molecule is COCCn1c(-c2cnc(-c3cccnc3)s2)nc2ccccc21. The fraction of sp³-hybridized carbons (Fsp3) is 0.167. The number of aromatic nitrogens is 4. The van der Waals surface area contributed by atoms with Crippen LogP contribution in [0.3, 0.4) is 0 Å². The molecule has 3 aromatic heterocycles. The Bertz CT molecular complexity index is 961. The molecule has 24 heavy (non-hydrogen) atoms. The lowest BCUT2D eigenvalue weighted by molar-refractivity contribution is 0.188. The number of benzene rings is 1. The third-order valence-electron chi connectivity index (χ3n) is 3.81. The van der Waals surface area contributed by atoms with E-state index in [0.717, 1.165) is 38.9 Å².